The van der Waals surface area contributed by atoms with Gasteiger partial charge in [0, 0.05) is 36.3 Å². The van der Waals surface area contributed by atoms with Crippen LogP contribution >= 0.6 is 0 Å². The zero-order chi connectivity index (χ0) is 29.2. The van der Waals surface area contributed by atoms with Crippen LogP contribution in [0.5, 0.6) is 0 Å². The van der Waals surface area contributed by atoms with Crippen molar-refractivity contribution in [2.24, 2.45) is 7.05 Å². The normalized spacial score (nSPS) is 10.2. The molecule has 8 heteroatoms. The molecule has 0 aliphatic heterocycles. The number of hydrogen-bond acceptors (Lipinski definition) is 4. The first-order chi connectivity index (χ1) is 19.6. The van der Waals surface area contributed by atoms with Crippen molar-refractivity contribution < 1.29 is 4.39 Å². The summed E-state index contributed by atoms with van der Waals surface area (Å²) in [6.07, 6.45) is 3.73. The van der Waals surface area contributed by atoms with Crippen molar-refractivity contribution in [1.29, 1.82) is 0 Å². The Hall–Kier alpha value is -4.82. The predicted octanol–water partition coefficient (Wildman–Crippen LogP) is 7.66. The van der Waals surface area contributed by atoms with Gasteiger partial charge in [0.15, 0.2) is 0 Å². The van der Waals surface area contributed by atoms with E-state index in [0.29, 0.717) is 6.54 Å². The largest absolute Gasteiger partial charge is 0.353 e. The number of nitrogens with one attached hydrogen (secondary N) is 3. The van der Waals surface area contributed by atoms with Crippen molar-refractivity contribution in [3.8, 4) is 33.8 Å². The summed E-state index contributed by atoms with van der Waals surface area (Å²) in [5, 5.41) is 16.0. The average Bonchev–Trinajstić information content (AvgIpc) is 3.73. The number of aromatic amines is 2. The summed E-state index contributed by atoms with van der Waals surface area (Å²) in [6, 6.07) is 17.1. The van der Waals surface area contributed by atoms with Gasteiger partial charge in [0.25, 0.3) is 0 Å². The number of pyridine rings is 1. The summed E-state index contributed by atoms with van der Waals surface area (Å²) in [5.41, 5.74) is 8.62. The highest BCUT2D eigenvalue weighted by Gasteiger charge is 2.16. The summed E-state index contributed by atoms with van der Waals surface area (Å²) in [4.78, 5) is 8.34. The van der Waals surface area contributed by atoms with E-state index in [1.165, 1.54) is 0 Å². The van der Waals surface area contributed by atoms with Gasteiger partial charge in [-0.25, -0.2) is 9.37 Å². The third-order valence-corrected chi connectivity index (χ3v) is 5.98. The Morgan fingerprint density at radius 1 is 0.950 bits per heavy atom. The third kappa shape index (κ3) is 6.08. The van der Waals surface area contributed by atoms with Gasteiger partial charge in [-0.15, -0.1) is 26.3 Å². The molecule has 7 nitrogen and oxygen atoms in total. The molecule has 0 spiro atoms. The molecule has 6 aromatic rings. The van der Waals surface area contributed by atoms with Crippen LogP contribution in [0.25, 0.3) is 55.7 Å². The van der Waals surface area contributed by atoms with Crippen LogP contribution in [0.2, 0.25) is 0 Å². The number of rotatable bonds is 5. The lowest BCUT2D eigenvalue weighted by Crippen LogP contribution is -2.05. The maximum atomic E-state index is 14.4. The van der Waals surface area contributed by atoms with E-state index in [0.717, 1.165) is 61.3 Å². The van der Waals surface area contributed by atoms with Crippen LogP contribution in [0.1, 0.15) is 19.4 Å². The fourth-order valence-corrected chi connectivity index (χ4v) is 4.45. The topological polar surface area (TPSA) is 87.2 Å². The molecule has 0 bridgehead atoms. The van der Waals surface area contributed by atoms with Crippen LogP contribution in [0.15, 0.2) is 93.3 Å². The van der Waals surface area contributed by atoms with E-state index >= 15 is 0 Å². The molecule has 0 atom stereocenters. The summed E-state index contributed by atoms with van der Waals surface area (Å²) < 4.78 is 16.1. The first-order valence-electron chi connectivity index (χ1n) is 13.0. The number of aryl methyl sites for hydroxylation is 1. The summed E-state index contributed by atoms with van der Waals surface area (Å²) in [5.74, 6) is -0.249. The number of hydrogen-bond donors (Lipinski definition) is 3. The highest BCUT2D eigenvalue weighted by atomic mass is 19.1. The molecule has 4 aromatic heterocycles. The highest BCUT2D eigenvalue weighted by Crippen LogP contribution is 2.34. The van der Waals surface area contributed by atoms with Crippen LogP contribution in [0.4, 0.5) is 4.39 Å². The van der Waals surface area contributed by atoms with Gasteiger partial charge in [-0.2, -0.15) is 10.2 Å². The first-order valence-corrected chi connectivity index (χ1v) is 13.0. The molecule has 0 amide bonds. The van der Waals surface area contributed by atoms with E-state index in [2.05, 4.69) is 58.0 Å². The molecule has 2 aromatic carbocycles. The molecule has 40 heavy (non-hydrogen) atoms. The van der Waals surface area contributed by atoms with E-state index in [-0.39, 0.29) is 5.82 Å². The van der Waals surface area contributed by atoms with E-state index in [4.69, 9.17) is 4.98 Å². The van der Waals surface area contributed by atoms with Crippen molar-refractivity contribution in [1.82, 2.24) is 35.3 Å². The van der Waals surface area contributed by atoms with Gasteiger partial charge in [0.05, 0.1) is 23.1 Å². The fraction of sp³-hybridized carbons (Fsp3) is 0.156. The lowest BCUT2D eigenvalue weighted by molar-refractivity contribution is 0.624. The molecule has 0 unspecified atom stereocenters. The monoisotopic (exact) mass is 537 g/mol. The van der Waals surface area contributed by atoms with Crippen molar-refractivity contribution in [3.63, 3.8) is 0 Å². The van der Waals surface area contributed by atoms with E-state index in [1.807, 2.05) is 70.5 Å². The molecule has 0 radical (unpaired) electrons. The maximum absolute atomic E-state index is 14.4. The number of fused-ring (bicyclic) bond motifs is 2. The molecule has 0 fully saturated rings. The first kappa shape index (κ1) is 29.7. The predicted molar refractivity (Wildman–Crippen MR) is 165 cm³/mol. The zero-order valence-electron chi connectivity index (χ0n) is 23.6. The van der Waals surface area contributed by atoms with Gasteiger partial charge in [-0.05, 0) is 66.2 Å². The van der Waals surface area contributed by atoms with Crippen molar-refractivity contribution in [2.45, 2.75) is 20.4 Å². The second-order valence-corrected chi connectivity index (χ2v) is 8.40. The van der Waals surface area contributed by atoms with Gasteiger partial charge >= 0.3 is 0 Å². The second-order valence-electron chi connectivity index (χ2n) is 8.40. The lowest BCUT2D eigenvalue weighted by atomic mass is 9.99. The Labute approximate surface area is 234 Å². The van der Waals surface area contributed by atoms with E-state index < -0.39 is 0 Å². The Bertz CT molecular complexity index is 1690. The lowest BCUT2D eigenvalue weighted by Gasteiger charge is -2.07. The Kier molecular flexibility index (Phi) is 10.3. The molecule has 0 aliphatic rings. The van der Waals surface area contributed by atoms with Crippen LogP contribution in [-0.2, 0) is 13.6 Å². The van der Waals surface area contributed by atoms with Crippen LogP contribution < -0.4 is 5.32 Å². The van der Waals surface area contributed by atoms with Crippen LogP contribution in [0.3, 0.4) is 0 Å². The second kappa shape index (κ2) is 13.8. The molecule has 6 rings (SSSR count). The molecule has 4 heterocycles. The molecule has 206 valence electrons. The zero-order valence-corrected chi connectivity index (χ0v) is 23.6. The molecular weight excluding hydrogens is 501 g/mol. The quantitative estimate of drug-likeness (QED) is 0.197. The van der Waals surface area contributed by atoms with Crippen molar-refractivity contribution >= 4 is 21.9 Å². The number of nitrogens with zero attached hydrogens (tertiary/aromatic N) is 4. The molecule has 0 saturated heterocycles. The number of halogens is 1. The Morgan fingerprint density at radius 3 is 2.42 bits per heavy atom. The minimum Gasteiger partial charge on any atom is -0.353 e. The number of H-pyrrole nitrogens is 2. The van der Waals surface area contributed by atoms with E-state index in [1.54, 1.807) is 23.0 Å². The minimum absolute atomic E-state index is 0.249. The standard InChI is InChI=1S/C26H22FN7.C2H6.2C2H4/c1-28-12-15-8-16(10-18(27)9-15)19-4-3-5-22-20(19)11-24(30-22)26-25-23(32-33-26)7-6-21(31-25)17-13-29-34(2)14-17;3*1-2/h3-11,13-14,28,30H,12H2,1-2H3,(H,32,33);1-2H3;2*1-2H2. The smallest absolute Gasteiger partial charge is 0.135 e. The van der Waals surface area contributed by atoms with Crippen molar-refractivity contribution in [3.05, 3.63) is 105 Å². The SMILES string of the molecule is C=C.C=C.CC.CNCc1cc(F)cc(-c2cccc3[nH]c(-c4n[nH]c5ccc(-c6cnn(C)c6)nc45)cc23)c1. The molecular formula is C32H36FN7. The van der Waals surface area contributed by atoms with Crippen molar-refractivity contribution in [2.75, 3.05) is 7.05 Å². The van der Waals surface area contributed by atoms with Gasteiger partial charge in [-0.3, -0.25) is 9.78 Å². The molecule has 0 saturated carbocycles. The third-order valence-electron chi connectivity index (χ3n) is 5.98. The summed E-state index contributed by atoms with van der Waals surface area (Å²) >= 11 is 0. The maximum Gasteiger partial charge on any atom is 0.135 e. The summed E-state index contributed by atoms with van der Waals surface area (Å²) in [7, 11) is 3.74. The number of aromatic nitrogens is 6. The number of benzene rings is 2. The van der Waals surface area contributed by atoms with Gasteiger partial charge in [-0.1, -0.05) is 26.0 Å². The van der Waals surface area contributed by atoms with Crippen LogP contribution in [0, 0.1) is 5.82 Å². The molecule has 3 N–H and O–H groups in total. The van der Waals surface area contributed by atoms with Gasteiger partial charge in [0.1, 0.15) is 17.0 Å². The summed E-state index contributed by atoms with van der Waals surface area (Å²) in [6.45, 7) is 16.6. The molecule has 0 aliphatic carbocycles. The average molecular weight is 538 g/mol. The highest BCUT2D eigenvalue weighted by molar-refractivity contribution is 6.00. The van der Waals surface area contributed by atoms with Crippen LogP contribution in [-0.4, -0.2) is 37.0 Å². The Morgan fingerprint density at radius 2 is 1.73 bits per heavy atom. The Balaban J connectivity index is 0.000000691. The van der Waals surface area contributed by atoms with Gasteiger partial charge in [0.2, 0.25) is 0 Å². The van der Waals surface area contributed by atoms with Gasteiger partial charge < -0.3 is 10.3 Å². The minimum atomic E-state index is -0.249. The van der Waals surface area contributed by atoms with E-state index in [9.17, 15) is 4.39 Å². The fourth-order valence-electron chi connectivity index (χ4n) is 4.45.